The standard InChI is InChI=1S/C16H25ClN2O2/c1-4-21-15-9-11(2)14(17)10-13(15)16(20)12(3)19-7-5-18-6-8-19/h9-10,12,16,18,20H,4-8H2,1-3H3. The molecule has 1 aromatic carbocycles. The zero-order valence-corrected chi connectivity index (χ0v) is 13.8. The molecule has 1 aromatic rings. The number of ether oxygens (including phenoxy) is 1. The lowest BCUT2D eigenvalue weighted by Crippen LogP contribution is -2.49. The summed E-state index contributed by atoms with van der Waals surface area (Å²) in [4.78, 5) is 2.30. The maximum absolute atomic E-state index is 10.8. The largest absolute Gasteiger partial charge is 0.493 e. The lowest BCUT2D eigenvalue weighted by Gasteiger charge is -2.35. The second-order valence-electron chi connectivity index (χ2n) is 5.54. The summed E-state index contributed by atoms with van der Waals surface area (Å²) in [5.41, 5.74) is 1.74. The molecule has 21 heavy (non-hydrogen) atoms. The minimum absolute atomic E-state index is 0.0325. The van der Waals surface area contributed by atoms with Crippen molar-refractivity contribution in [2.45, 2.75) is 32.9 Å². The molecule has 118 valence electrons. The molecule has 0 amide bonds. The Morgan fingerprint density at radius 3 is 2.67 bits per heavy atom. The SMILES string of the molecule is CCOc1cc(C)c(Cl)cc1C(O)C(C)N1CCNCC1. The van der Waals surface area contributed by atoms with Crippen LogP contribution in [0.2, 0.25) is 5.02 Å². The van der Waals surface area contributed by atoms with Crippen LogP contribution >= 0.6 is 11.6 Å². The van der Waals surface area contributed by atoms with Gasteiger partial charge in [0.15, 0.2) is 0 Å². The molecule has 0 saturated carbocycles. The number of aryl methyl sites for hydroxylation is 1. The molecule has 2 unspecified atom stereocenters. The van der Waals surface area contributed by atoms with Crippen molar-refractivity contribution >= 4 is 11.6 Å². The Morgan fingerprint density at radius 2 is 2.05 bits per heavy atom. The Morgan fingerprint density at radius 1 is 1.38 bits per heavy atom. The predicted octanol–water partition coefficient (Wildman–Crippen LogP) is 2.37. The van der Waals surface area contributed by atoms with Crippen molar-refractivity contribution in [3.63, 3.8) is 0 Å². The molecule has 1 aliphatic heterocycles. The molecule has 0 bridgehead atoms. The second-order valence-corrected chi connectivity index (χ2v) is 5.95. The minimum Gasteiger partial charge on any atom is -0.493 e. The molecule has 2 rings (SSSR count). The van der Waals surface area contributed by atoms with E-state index >= 15 is 0 Å². The third kappa shape index (κ3) is 3.89. The molecule has 0 radical (unpaired) electrons. The monoisotopic (exact) mass is 312 g/mol. The third-order valence-corrected chi connectivity index (χ3v) is 4.50. The van der Waals surface area contributed by atoms with E-state index in [0.29, 0.717) is 11.6 Å². The summed E-state index contributed by atoms with van der Waals surface area (Å²) in [5.74, 6) is 0.730. The summed E-state index contributed by atoms with van der Waals surface area (Å²) in [6.45, 7) is 10.3. The maximum atomic E-state index is 10.8. The van der Waals surface area contributed by atoms with Gasteiger partial charge in [-0.3, -0.25) is 4.90 Å². The number of hydrogen-bond donors (Lipinski definition) is 2. The Labute approximate surface area is 132 Å². The fraction of sp³-hybridized carbons (Fsp3) is 0.625. The van der Waals surface area contributed by atoms with E-state index in [1.54, 1.807) is 0 Å². The van der Waals surface area contributed by atoms with E-state index in [9.17, 15) is 5.11 Å². The summed E-state index contributed by atoms with van der Waals surface area (Å²) in [6, 6.07) is 3.78. The van der Waals surface area contributed by atoms with Gasteiger partial charge in [-0.05, 0) is 38.5 Å². The van der Waals surface area contributed by atoms with Crippen molar-refractivity contribution in [3.8, 4) is 5.75 Å². The Bertz CT molecular complexity index is 476. The zero-order valence-electron chi connectivity index (χ0n) is 13.0. The summed E-state index contributed by atoms with van der Waals surface area (Å²) in [7, 11) is 0. The normalized spacial score (nSPS) is 19.3. The number of nitrogens with one attached hydrogen (secondary N) is 1. The van der Waals surface area contributed by atoms with Crippen molar-refractivity contribution in [1.29, 1.82) is 0 Å². The molecule has 0 spiro atoms. The van der Waals surface area contributed by atoms with Gasteiger partial charge >= 0.3 is 0 Å². The minimum atomic E-state index is -0.609. The van der Waals surface area contributed by atoms with Gasteiger partial charge in [-0.25, -0.2) is 0 Å². The quantitative estimate of drug-likeness (QED) is 0.876. The molecule has 2 atom stereocenters. The number of piperazine rings is 1. The fourth-order valence-electron chi connectivity index (χ4n) is 2.73. The first kappa shape index (κ1) is 16.6. The van der Waals surface area contributed by atoms with Gasteiger partial charge in [0.2, 0.25) is 0 Å². The average Bonchev–Trinajstić information content (AvgIpc) is 2.50. The Hall–Kier alpha value is -0.810. The number of nitrogens with zero attached hydrogens (tertiary/aromatic N) is 1. The Kier molecular flexibility index (Phi) is 5.88. The Balaban J connectivity index is 2.23. The van der Waals surface area contributed by atoms with Crippen LogP contribution in [0, 0.1) is 6.92 Å². The van der Waals surface area contributed by atoms with Crippen LogP contribution in [0.1, 0.15) is 31.1 Å². The van der Waals surface area contributed by atoms with Crippen LogP contribution in [0.5, 0.6) is 5.75 Å². The van der Waals surface area contributed by atoms with Gasteiger partial charge in [0.1, 0.15) is 5.75 Å². The van der Waals surface area contributed by atoms with Crippen LogP contribution < -0.4 is 10.1 Å². The number of halogens is 1. The molecule has 5 heteroatoms. The molecule has 4 nitrogen and oxygen atoms in total. The molecule has 1 saturated heterocycles. The van der Waals surface area contributed by atoms with Gasteiger partial charge in [0.05, 0.1) is 12.7 Å². The third-order valence-electron chi connectivity index (χ3n) is 4.09. The van der Waals surface area contributed by atoms with Gasteiger partial charge < -0.3 is 15.2 Å². The number of aliphatic hydroxyl groups is 1. The maximum Gasteiger partial charge on any atom is 0.125 e. The highest BCUT2D eigenvalue weighted by molar-refractivity contribution is 6.31. The zero-order chi connectivity index (χ0) is 15.4. The summed E-state index contributed by atoms with van der Waals surface area (Å²) in [5, 5.41) is 14.8. The topological polar surface area (TPSA) is 44.7 Å². The van der Waals surface area contributed by atoms with Crippen molar-refractivity contribution in [1.82, 2.24) is 10.2 Å². The van der Waals surface area contributed by atoms with E-state index in [4.69, 9.17) is 16.3 Å². The van der Waals surface area contributed by atoms with Gasteiger partial charge in [0.25, 0.3) is 0 Å². The first-order chi connectivity index (χ1) is 10.0. The second kappa shape index (κ2) is 7.45. The van der Waals surface area contributed by atoms with E-state index in [-0.39, 0.29) is 6.04 Å². The molecule has 0 aromatic heterocycles. The van der Waals surface area contributed by atoms with Crippen molar-refractivity contribution in [3.05, 3.63) is 28.3 Å². The van der Waals surface area contributed by atoms with Crippen LogP contribution in [0.25, 0.3) is 0 Å². The lowest BCUT2D eigenvalue weighted by atomic mass is 9.99. The summed E-state index contributed by atoms with van der Waals surface area (Å²) >= 11 is 6.23. The van der Waals surface area contributed by atoms with E-state index in [1.807, 2.05) is 26.0 Å². The van der Waals surface area contributed by atoms with E-state index in [2.05, 4.69) is 17.1 Å². The van der Waals surface area contributed by atoms with Gasteiger partial charge in [-0.1, -0.05) is 11.6 Å². The number of rotatable bonds is 5. The lowest BCUT2D eigenvalue weighted by molar-refractivity contribution is 0.0491. The van der Waals surface area contributed by atoms with Gasteiger partial charge in [-0.15, -0.1) is 0 Å². The van der Waals surface area contributed by atoms with E-state index in [0.717, 1.165) is 43.1 Å². The average molecular weight is 313 g/mol. The molecule has 1 aliphatic rings. The van der Waals surface area contributed by atoms with E-state index < -0.39 is 6.10 Å². The molecule has 0 aliphatic carbocycles. The van der Waals surface area contributed by atoms with Crippen LogP contribution in [0.15, 0.2) is 12.1 Å². The van der Waals surface area contributed by atoms with Crippen LogP contribution in [0.4, 0.5) is 0 Å². The first-order valence-corrected chi connectivity index (χ1v) is 7.98. The fourth-order valence-corrected chi connectivity index (χ4v) is 2.90. The van der Waals surface area contributed by atoms with Crippen LogP contribution in [-0.4, -0.2) is 48.8 Å². The predicted molar refractivity (Wildman–Crippen MR) is 86.2 cm³/mol. The molecular weight excluding hydrogens is 288 g/mol. The highest BCUT2D eigenvalue weighted by atomic mass is 35.5. The van der Waals surface area contributed by atoms with E-state index in [1.165, 1.54) is 0 Å². The highest BCUT2D eigenvalue weighted by Crippen LogP contribution is 2.34. The van der Waals surface area contributed by atoms with Gasteiger partial charge in [0, 0.05) is 42.8 Å². The smallest absolute Gasteiger partial charge is 0.125 e. The summed E-state index contributed by atoms with van der Waals surface area (Å²) < 4.78 is 5.68. The number of aliphatic hydroxyl groups excluding tert-OH is 1. The van der Waals surface area contributed by atoms with Crippen LogP contribution in [-0.2, 0) is 0 Å². The number of benzene rings is 1. The first-order valence-electron chi connectivity index (χ1n) is 7.60. The highest BCUT2D eigenvalue weighted by Gasteiger charge is 2.27. The van der Waals surface area contributed by atoms with Crippen molar-refractivity contribution in [2.24, 2.45) is 0 Å². The van der Waals surface area contributed by atoms with Crippen molar-refractivity contribution < 1.29 is 9.84 Å². The van der Waals surface area contributed by atoms with Crippen molar-refractivity contribution in [2.75, 3.05) is 32.8 Å². The summed E-state index contributed by atoms with van der Waals surface area (Å²) in [6.07, 6.45) is -0.609. The molecule has 2 N–H and O–H groups in total. The molecule has 1 heterocycles. The van der Waals surface area contributed by atoms with Crippen LogP contribution in [0.3, 0.4) is 0 Å². The molecule has 1 fully saturated rings. The van der Waals surface area contributed by atoms with Gasteiger partial charge in [-0.2, -0.15) is 0 Å². The number of hydrogen-bond acceptors (Lipinski definition) is 4. The molecular formula is C16H25ClN2O2.